The molecule has 2 rings (SSSR count). The van der Waals surface area contributed by atoms with Gasteiger partial charge in [-0.2, -0.15) is 0 Å². The number of aliphatic hydroxyl groups excluding tert-OH is 2. The number of nitrogens with one attached hydrogen (secondary N) is 1. The molecule has 0 aromatic carbocycles. The molecule has 0 unspecified atom stereocenters. The molecule has 0 radical (unpaired) electrons. The van der Waals surface area contributed by atoms with E-state index in [9.17, 15) is 9.59 Å². The molecule has 1 heterocycles. The van der Waals surface area contributed by atoms with Crippen LogP contribution in [0.1, 0.15) is 21.0 Å². The third-order valence-electron chi connectivity index (χ3n) is 3.24. The molecule has 0 amide bonds. The number of carbonyl (C=O) groups excluding carboxylic acids is 2. The summed E-state index contributed by atoms with van der Waals surface area (Å²) in [5, 5.41) is 20.8. The van der Waals surface area contributed by atoms with Crippen LogP contribution in [0, 0.1) is 0 Å². The van der Waals surface area contributed by atoms with Crippen molar-refractivity contribution in [3.63, 3.8) is 0 Å². The van der Waals surface area contributed by atoms with Gasteiger partial charge in [-0.25, -0.2) is 9.97 Å². The van der Waals surface area contributed by atoms with E-state index in [1.54, 1.807) is 0 Å². The monoisotopic (exact) mass is 306 g/mol. The van der Waals surface area contributed by atoms with Crippen molar-refractivity contribution in [1.82, 2.24) is 20.2 Å². The molecule has 0 aliphatic heterocycles. The molecule has 118 valence electrons. The maximum absolute atomic E-state index is 12.2. The first kappa shape index (κ1) is 16.2. The molecular formula is C14H18N4O4. The number of carbonyl (C=O) groups is 2. The van der Waals surface area contributed by atoms with Gasteiger partial charge < -0.3 is 15.5 Å². The minimum Gasteiger partial charge on any atom is -0.395 e. The van der Waals surface area contributed by atoms with E-state index < -0.39 is 0 Å². The summed E-state index contributed by atoms with van der Waals surface area (Å²) in [5.74, 6) is -0.716. The molecule has 0 saturated carbocycles. The van der Waals surface area contributed by atoms with Crippen molar-refractivity contribution in [2.45, 2.75) is 0 Å². The van der Waals surface area contributed by atoms with E-state index in [0.717, 1.165) is 0 Å². The lowest BCUT2D eigenvalue weighted by Gasteiger charge is -2.21. The second kappa shape index (κ2) is 7.74. The topological polar surface area (TPSA) is 116 Å². The number of hydrogen-bond acceptors (Lipinski definition) is 8. The average molecular weight is 306 g/mol. The predicted octanol–water partition coefficient (Wildman–Crippen LogP) is -1.38. The van der Waals surface area contributed by atoms with Gasteiger partial charge in [-0.3, -0.25) is 14.5 Å². The van der Waals surface area contributed by atoms with E-state index in [-0.39, 0.29) is 41.9 Å². The Morgan fingerprint density at radius 2 is 1.64 bits per heavy atom. The van der Waals surface area contributed by atoms with Crippen LogP contribution < -0.4 is 5.32 Å². The minimum atomic E-state index is -0.362. The van der Waals surface area contributed by atoms with E-state index >= 15 is 0 Å². The van der Waals surface area contributed by atoms with Crippen LogP contribution in [0.15, 0.2) is 24.2 Å². The van der Waals surface area contributed by atoms with Crippen LogP contribution in [0.3, 0.4) is 0 Å². The van der Waals surface area contributed by atoms with Gasteiger partial charge in [0.2, 0.25) is 11.6 Å². The van der Waals surface area contributed by atoms with E-state index in [1.807, 2.05) is 4.90 Å². The Morgan fingerprint density at radius 3 is 2.27 bits per heavy atom. The van der Waals surface area contributed by atoms with Crippen LogP contribution >= 0.6 is 0 Å². The fraction of sp³-hybridized carbons (Fsp3) is 0.429. The number of rotatable bonds is 8. The molecule has 8 heteroatoms. The van der Waals surface area contributed by atoms with Gasteiger partial charge in [-0.1, -0.05) is 0 Å². The van der Waals surface area contributed by atoms with Gasteiger partial charge in [-0.15, -0.1) is 0 Å². The number of hydrogen-bond donors (Lipinski definition) is 3. The van der Waals surface area contributed by atoms with Crippen LogP contribution in [0.2, 0.25) is 0 Å². The van der Waals surface area contributed by atoms with Crippen molar-refractivity contribution >= 4 is 11.6 Å². The lowest BCUT2D eigenvalue weighted by atomic mass is 10.0. The summed E-state index contributed by atoms with van der Waals surface area (Å²) in [4.78, 5) is 33.7. The molecule has 3 N–H and O–H groups in total. The summed E-state index contributed by atoms with van der Waals surface area (Å²) in [6, 6.07) is 0. The van der Waals surface area contributed by atoms with Gasteiger partial charge in [0.25, 0.3) is 0 Å². The van der Waals surface area contributed by atoms with Crippen molar-refractivity contribution in [1.29, 1.82) is 0 Å². The highest BCUT2D eigenvalue weighted by Gasteiger charge is 2.27. The maximum Gasteiger partial charge on any atom is 0.229 e. The summed E-state index contributed by atoms with van der Waals surface area (Å²) >= 11 is 0. The fourth-order valence-corrected chi connectivity index (χ4v) is 2.18. The second-order valence-electron chi connectivity index (χ2n) is 4.72. The number of nitrogens with zero attached hydrogens (tertiary/aromatic N) is 3. The van der Waals surface area contributed by atoms with Crippen LogP contribution in [0.4, 0.5) is 0 Å². The molecule has 22 heavy (non-hydrogen) atoms. The van der Waals surface area contributed by atoms with Gasteiger partial charge in [0, 0.05) is 44.6 Å². The lowest BCUT2D eigenvalue weighted by Crippen LogP contribution is -2.37. The molecular weight excluding hydrogens is 288 g/mol. The van der Waals surface area contributed by atoms with Crippen LogP contribution in [0.5, 0.6) is 0 Å². The number of aliphatic hydroxyl groups is 2. The zero-order valence-corrected chi connectivity index (χ0v) is 12.0. The second-order valence-corrected chi connectivity index (χ2v) is 4.72. The first-order chi connectivity index (χ1) is 10.7. The van der Waals surface area contributed by atoms with Crippen LogP contribution in [0.25, 0.3) is 0 Å². The van der Waals surface area contributed by atoms with E-state index in [1.165, 1.54) is 18.5 Å². The Bertz CT molecular complexity index is 582. The standard InChI is InChI=1S/C14H18N4O4/c19-7-5-18(6-8-20)4-3-15-10-9-11(21)12-13(14(10)22)17-2-1-16-12/h1-2,9,15,19-20H,3-8H2. The van der Waals surface area contributed by atoms with Gasteiger partial charge in [-0.05, 0) is 0 Å². The summed E-state index contributed by atoms with van der Waals surface area (Å²) < 4.78 is 0. The van der Waals surface area contributed by atoms with Crippen LogP contribution in [-0.2, 0) is 0 Å². The number of ketones is 2. The maximum atomic E-state index is 12.2. The highest BCUT2D eigenvalue weighted by molar-refractivity contribution is 6.22. The summed E-state index contributed by atoms with van der Waals surface area (Å²) in [6.45, 7) is 1.77. The lowest BCUT2D eigenvalue weighted by molar-refractivity contribution is 0.0969. The number of Topliss-reactive ketones (excluding diaryl/α,β-unsaturated/α-hetero) is 1. The Balaban J connectivity index is 1.96. The molecule has 0 fully saturated rings. The smallest absolute Gasteiger partial charge is 0.229 e. The predicted molar refractivity (Wildman–Crippen MR) is 77.4 cm³/mol. The molecule has 0 saturated heterocycles. The summed E-state index contributed by atoms with van der Waals surface area (Å²) in [7, 11) is 0. The number of aromatic nitrogens is 2. The summed E-state index contributed by atoms with van der Waals surface area (Å²) in [6.07, 6.45) is 3.97. The van der Waals surface area contributed by atoms with E-state index in [4.69, 9.17) is 10.2 Å². The first-order valence-corrected chi connectivity index (χ1v) is 6.97. The normalized spacial score (nSPS) is 14.0. The average Bonchev–Trinajstić information content (AvgIpc) is 2.52. The molecule has 0 atom stereocenters. The van der Waals surface area contributed by atoms with E-state index in [2.05, 4.69) is 15.3 Å². The van der Waals surface area contributed by atoms with Crippen molar-refractivity contribution < 1.29 is 19.8 Å². The molecule has 1 aliphatic rings. The minimum absolute atomic E-state index is 0.0108. The highest BCUT2D eigenvalue weighted by atomic mass is 16.3. The van der Waals surface area contributed by atoms with Gasteiger partial charge >= 0.3 is 0 Å². The zero-order chi connectivity index (χ0) is 15.9. The van der Waals surface area contributed by atoms with Gasteiger partial charge in [0.1, 0.15) is 11.4 Å². The van der Waals surface area contributed by atoms with Crippen LogP contribution in [-0.4, -0.2) is 76.0 Å². The molecule has 1 aromatic rings. The Morgan fingerprint density at radius 1 is 1.00 bits per heavy atom. The van der Waals surface area contributed by atoms with Crippen molar-refractivity contribution in [3.05, 3.63) is 35.6 Å². The number of allylic oxidation sites excluding steroid dienone is 2. The zero-order valence-electron chi connectivity index (χ0n) is 12.0. The SMILES string of the molecule is O=C1C=C(NCCN(CCO)CCO)C(=O)c2nccnc21. The Kier molecular flexibility index (Phi) is 5.70. The quantitative estimate of drug-likeness (QED) is 0.538. The third-order valence-corrected chi connectivity index (χ3v) is 3.24. The fourth-order valence-electron chi connectivity index (χ4n) is 2.18. The largest absolute Gasteiger partial charge is 0.395 e. The molecule has 1 aliphatic carbocycles. The molecule has 0 spiro atoms. The van der Waals surface area contributed by atoms with Gasteiger partial charge in [0.15, 0.2) is 0 Å². The van der Waals surface area contributed by atoms with E-state index in [0.29, 0.717) is 26.2 Å². The third kappa shape index (κ3) is 3.73. The van der Waals surface area contributed by atoms with Crippen molar-refractivity contribution in [3.8, 4) is 0 Å². The molecule has 8 nitrogen and oxygen atoms in total. The molecule has 1 aromatic heterocycles. The first-order valence-electron chi connectivity index (χ1n) is 6.97. The highest BCUT2D eigenvalue weighted by Crippen LogP contribution is 2.15. The van der Waals surface area contributed by atoms with Crippen molar-refractivity contribution in [2.24, 2.45) is 0 Å². The Hall–Kier alpha value is -2.16. The molecule has 0 bridgehead atoms. The van der Waals surface area contributed by atoms with Crippen molar-refractivity contribution in [2.75, 3.05) is 39.4 Å². The summed E-state index contributed by atoms with van der Waals surface area (Å²) in [5.41, 5.74) is 0.311. The number of fused-ring (bicyclic) bond motifs is 1. The Labute approximate surface area is 127 Å². The van der Waals surface area contributed by atoms with Gasteiger partial charge in [0.05, 0.1) is 18.9 Å².